The molecule has 3 aliphatic rings. The summed E-state index contributed by atoms with van der Waals surface area (Å²) in [5.41, 5.74) is 1.15. The Morgan fingerprint density at radius 1 is 1.12 bits per heavy atom. The molecule has 8 nitrogen and oxygen atoms in total. The Bertz CT molecular complexity index is 1250. The van der Waals surface area contributed by atoms with Gasteiger partial charge in [-0.25, -0.2) is 4.98 Å². The summed E-state index contributed by atoms with van der Waals surface area (Å²) in [4.78, 5) is 33.4. The predicted octanol–water partition coefficient (Wildman–Crippen LogP) is 2.98. The number of aromatic nitrogens is 4. The summed E-state index contributed by atoms with van der Waals surface area (Å²) in [7, 11) is 0. The van der Waals surface area contributed by atoms with Crippen molar-refractivity contribution in [3.8, 4) is 5.75 Å². The Hall–Kier alpha value is -3.29. The van der Waals surface area contributed by atoms with E-state index in [1.165, 1.54) is 11.8 Å². The fraction of sp³-hybridized carbons (Fsp3) is 0.458. The highest BCUT2D eigenvalue weighted by Crippen LogP contribution is 2.40. The fourth-order valence-corrected chi connectivity index (χ4v) is 5.16. The number of carbonyl (C=O) groups is 1. The molecule has 1 aliphatic carbocycles. The van der Waals surface area contributed by atoms with Crippen molar-refractivity contribution in [2.24, 2.45) is 4.99 Å². The van der Waals surface area contributed by atoms with Crippen molar-refractivity contribution in [2.75, 3.05) is 6.54 Å². The number of carbonyl (C=O) groups excluding carboxylic acids is 1. The third-order valence-electron chi connectivity index (χ3n) is 6.79. The van der Waals surface area contributed by atoms with E-state index < -0.39 is 11.2 Å². The Balaban J connectivity index is 1.67. The summed E-state index contributed by atoms with van der Waals surface area (Å²) in [5.74, 6) is -0.421. The second-order valence-electron chi connectivity index (χ2n) is 8.96. The molecule has 1 N–H and O–H groups in total. The quantitative estimate of drug-likeness (QED) is 0.595. The van der Waals surface area contributed by atoms with E-state index in [-0.39, 0.29) is 16.9 Å². The predicted molar refractivity (Wildman–Crippen MR) is 121 cm³/mol. The molecule has 1 fully saturated rings. The molecule has 0 radical (unpaired) electrons. The van der Waals surface area contributed by atoms with Gasteiger partial charge >= 0.3 is 0 Å². The third kappa shape index (κ3) is 3.63. The van der Waals surface area contributed by atoms with Gasteiger partial charge in [0.15, 0.2) is 17.7 Å². The minimum absolute atomic E-state index is 0.00149. The van der Waals surface area contributed by atoms with E-state index in [1.807, 2.05) is 6.20 Å². The maximum atomic E-state index is 12.6. The molecule has 1 saturated carbocycles. The van der Waals surface area contributed by atoms with Crippen molar-refractivity contribution in [1.82, 2.24) is 19.3 Å². The van der Waals surface area contributed by atoms with Gasteiger partial charge in [-0.05, 0) is 49.8 Å². The molecule has 32 heavy (non-hydrogen) atoms. The molecule has 1 spiro atoms. The first-order valence-corrected chi connectivity index (χ1v) is 11.4. The van der Waals surface area contributed by atoms with Crippen LogP contribution in [0.2, 0.25) is 0 Å². The van der Waals surface area contributed by atoms with Gasteiger partial charge in [0, 0.05) is 24.3 Å². The van der Waals surface area contributed by atoms with Crippen LogP contribution in [0.1, 0.15) is 56.2 Å². The van der Waals surface area contributed by atoms with Crippen LogP contribution in [0.5, 0.6) is 5.75 Å². The molecule has 3 aromatic rings. The van der Waals surface area contributed by atoms with E-state index in [2.05, 4.69) is 33.0 Å². The smallest absolute Gasteiger partial charge is 0.251 e. The lowest BCUT2D eigenvalue weighted by atomic mass is 9.97. The Morgan fingerprint density at radius 2 is 1.97 bits per heavy atom. The summed E-state index contributed by atoms with van der Waals surface area (Å²) in [5, 5.41) is 15.9. The molecular formula is C24H27N5O3. The zero-order valence-corrected chi connectivity index (χ0v) is 18.0. The van der Waals surface area contributed by atoms with Gasteiger partial charge in [-0.3, -0.25) is 19.3 Å². The molecular weight excluding hydrogens is 406 g/mol. The first kappa shape index (κ1) is 20.6. The Labute approximate surface area is 185 Å². The van der Waals surface area contributed by atoms with Gasteiger partial charge < -0.3 is 9.67 Å². The minimum atomic E-state index is -0.661. The van der Waals surface area contributed by atoms with Crippen molar-refractivity contribution >= 4 is 23.0 Å². The lowest BCUT2D eigenvalue weighted by molar-refractivity contribution is -0.102. The number of hydrogen-bond acceptors (Lipinski definition) is 6. The molecule has 0 aromatic carbocycles. The van der Waals surface area contributed by atoms with Crippen molar-refractivity contribution in [1.29, 1.82) is 0 Å². The molecule has 6 bridgehead atoms. The van der Waals surface area contributed by atoms with Crippen LogP contribution in [0.4, 0.5) is 0 Å². The lowest BCUT2D eigenvalue weighted by Crippen LogP contribution is -2.37. The number of aliphatic imine (C=N–C) groups is 1. The Morgan fingerprint density at radius 3 is 2.78 bits per heavy atom. The highest BCUT2D eigenvalue weighted by atomic mass is 16.3. The highest BCUT2D eigenvalue weighted by Gasteiger charge is 2.37. The van der Waals surface area contributed by atoms with Gasteiger partial charge in [0.25, 0.3) is 5.43 Å². The fourth-order valence-electron chi connectivity index (χ4n) is 5.16. The van der Waals surface area contributed by atoms with Crippen molar-refractivity contribution in [2.45, 2.75) is 63.5 Å². The normalized spacial score (nSPS) is 18.8. The topological polar surface area (TPSA) is 102 Å². The van der Waals surface area contributed by atoms with E-state index in [0.717, 1.165) is 62.4 Å². The zero-order valence-electron chi connectivity index (χ0n) is 18.0. The van der Waals surface area contributed by atoms with Gasteiger partial charge in [0.2, 0.25) is 0 Å². The number of aldehydes is 1. The maximum Gasteiger partial charge on any atom is 0.251 e. The standard InChI is InChI=1S/C24H27N5O3/c30-15-19-21-22(32)20(31)14-28(27-21)16-24(8-3-4-9-24)29-11-7-18-12-17(13-26-23(18)29)6-2-1-5-10-25-19/h7,11-15,31H,1-6,8-10,16H2. The van der Waals surface area contributed by atoms with Gasteiger partial charge in [0.05, 0.1) is 18.3 Å². The van der Waals surface area contributed by atoms with Crippen LogP contribution in [-0.2, 0) is 23.3 Å². The molecule has 5 heterocycles. The van der Waals surface area contributed by atoms with Crippen LogP contribution in [0.25, 0.3) is 11.0 Å². The first-order chi connectivity index (χ1) is 15.6. The first-order valence-electron chi connectivity index (χ1n) is 11.4. The molecule has 2 aliphatic heterocycles. The molecule has 3 aromatic heterocycles. The molecule has 6 rings (SSSR count). The molecule has 0 amide bonds. The number of rotatable bonds is 1. The molecule has 0 saturated heterocycles. The van der Waals surface area contributed by atoms with E-state index in [9.17, 15) is 14.7 Å². The molecule has 8 heteroatoms. The van der Waals surface area contributed by atoms with Crippen molar-refractivity contribution < 1.29 is 9.90 Å². The van der Waals surface area contributed by atoms with Crippen molar-refractivity contribution in [3.63, 3.8) is 0 Å². The lowest BCUT2D eigenvalue weighted by Gasteiger charge is -2.32. The number of pyridine rings is 1. The summed E-state index contributed by atoms with van der Waals surface area (Å²) in [6.45, 7) is 0.904. The highest BCUT2D eigenvalue weighted by molar-refractivity contribution is 6.35. The third-order valence-corrected chi connectivity index (χ3v) is 6.79. The van der Waals surface area contributed by atoms with Crippen LogP contribution in [0.3, 0.4) is 0 Å². The second-order valence-corrected chi connectivity index (χ2v) is 8.96. The van der Waals surface area contributed by atoms with E-state index in [1.54, 1.807) is 4.68 Å². The number of nitrogens with zero attached hydrogens (tertiary/aromatic N) is 5. The van der Waals surface area contributed by atoms with Gasteiger partial charge in [-0.1, -0.05) is 19.3 Å². The van der Waals surface area contributed by atoms with E-state index in [4.69, 9.17) is 4.98 Å². The van der Waals surface area contributed by atoms with Crippen LogP contribution in [0.15, 0.2) is 40.5 Å². The monoisotopic (exact) mass is 433 g/mol. The van der Waals surface area contributed by atoms with E-state index >= 15 is 0 Å². The second kappa shape index (κ2) is 8.33. The summed E-state index contributed by atoms with van der Waals surface area (Å²) >= 11 is 0. The van der Waals surface area contributed by atoms with Crippen LogP contribution in [-0.4, -0.2) is 43.0 Å². The Kier molecular flexibility index (Phi) is 5.36. The summed E-state index contributed by atoms with van der Waals surface area (Å²) in [6, 6.07) is 4.34. The molecule has 166 valence electrons. The minimum Gasteiger partial charge on any atom is -0.503 e. The number of aryl methyl sites for hydroxylation is 1. The van der Waals surface area contributed by atoms with Crippen molar-refractivity contribution in [3.05, 3.63) is 52.2 Å². The van der Waals surface area contributed by atoms with Crippen LogP contribution >= 0.6 is 0 Å². The zero-order chi connectivity index (χ0) is 22.1. The molecule has 0 atom stereocenters. The van der Waals surface area contributed by atoms with Crippen LogP contribution in [0, 0.1) is 0 Å². The number of fused-ring (bicyclic) bond motifs is 6. The summed E-state index contributed by atoms with van der Waals surface area (Å²) < 4.78 is 3.83. The van der Waals surface area contributed by atoms with E-state index in [0.29, 0.717) is 19.4 Å². The van der Waals surface area contributed by atoms with Crippen LogP contribution < -0.4 is 5.43 Å². The largest absolute Gasteiger partial charge is 0.503 e. The number of aromatic hydroxyl groups is 1. The van der Waals surface area contributed by atoms with Gasteiger partial charge in [0.1, 0.15) is 11.4 Å². The average molecular weight is 434 g/mol. The number of hydrogen-bond donors (Lipinski definition) is 1. The maximum absolute atomic E-state index is 12.6. The van der Waals surface area contributed by atoms with Gasteiger partial charge in [-0.2, -0.15) is 5.10 Å². The molecule has 0 unspecified atom stereocenters. The SMILES string of the molecule is O=CC1=NCCCCCc2cnc3c(ccn3C3(CCCC3)Cn3cc(O)c(=O)c1n3)c2. The van der Waals surface area contributed by atoms with Gasteiger partial charge in [-0.15, -0.1) is 0 Å². The summed E-state index contributed by atoms with van der Waals surface area (Å²) in [6.07, 6.45) is 13.7. The average Bonchev–Trinajstić information content (AvgIpc) is 3.43.